The van der Waals surface area contributed by atoms with Gasteiger partial charge in [0.1, 0.15) is 0 Å². The summed E-state index contributed by atoms with van der Waals surface area (Å²) in [6.07, 6.45) is 12.2. The molecule has 0 aromatic heterocycles. The van der Waals surface area contributed by atoms with Crippen LogP contribution in [0.2, 0.25) is 10.0 Å². The van der Waals surface area contributed by atoms with E-state index >= 15 is 0 Å². The fraction of sp³-hybridized carbons (Fsp3) is 0.708. The summed E-state index contributed by atoms with van der Waals surface area (Å²) < 4.78 is 0. The Morgan fingerprint density at radius 3 is 2.43 bits per heavy atom. The van der Waals surface area contributed by atoms with E-state index < -0.39 is 0 Å². The molecule has 168 valence electrons. The van der Waals surface area contributed by atoms with Gasteiger partial charge in [-0.05, 0) is 68.3 Å². The number of benzene rings is 1. The van der Waals surface area contributed by atoms with E-state index in [0.29, 0.717) is 34.5 Å². The zero-order valence-electron chi connectivity index (χ0n) is 18.0. The topological polar surface area (TPSA) is 23.6 Å². The summed E-state index contributed by atoms with van der Waals surface area (Å²) in [6.45, 7) is 2.40. The van der Waals surface area contributed by atoms with E-state index in [9.17, 15) is 4.79 Å². The lowest BCUT2D eigenvalue weighted by Crippen LogP contribution is -2.56. The molecule has 4 atom stereocenters. The molecule has 3 fully saturated rings. The highest BCUT2D eigenvalue weighted by Gasteiger charge is 2.44. The van der Waals surface area contributed by atoms with E-state index in [1.165, 1.54) is 70.9 Å². The third-order valence-corrected chi connectivity index (χ3v) is 8.40. The Balaban J connectivity index is 0.00000256. The molecule has 2 aliphatic carbocycles. The fourth-order valence-electron chi connectivity index (χ4n) is 6.22. The van der Waals surface area contributed by atoms with Crippen LogP contribution in [0.5, 0.6) is 0 Å². The zero-order chi connectivity index (χ0) is 20.4. The Bertz CT molecular complexity index is 722. The summed E-state index contributed by atoms with van der Waals surface area (Å²) in [5.74, 6) is 1.66. The molecule has 6 heteroatoms. The first-order valence-corrected chi connectivity index (χ1v) is 12.2. The number of likely N-dealkylation sites (tertiary alicyclic amines) is 1. The predicted molar refractivity (Wildman–Crippen MR) is 128 cm³/mol. The summed E-state index contributed by atoms with van der Waals surface area (Å²) in [6, 6.07) is 6.42. The molecule has 1 aliphatic heterocycles. The van der Waals surface area contributed by atoms with Crippen LogP contribution in [0.4, 0.5) is 0 Å². The minimum absolute atomic E-state index is 0. The summed E-state index contributed by atoms with van der Waals surface area (Å²) in [7, 11) is 2.06. The maximum atomic E-state index is 13.4. The van der Waals surface area contributed by atoms with Crippen molar-refractivity contribution in [1.82, 2.24) is 9.80 Å². The molecule has 0 bridgehead atoms. The number of carbonyl (C=O) groups excluding carboxylic acids is 1. The highest BCUT2D eigenvalue weighted by Crippen LogP contribution is 2.43. The van der Waals surface area contributed by atoms with Crippen LogP contribution < -0.4 is 0 Å². The summed E-state index contributed by atoms with van der Waals surface area (Å²) in [4.78, 5) is 18.2. The van der Waals surface area contributed by atoms with Gasteiger partial charge in [0, 0.05) is 19.1 Å². The molecule has 1 aromatic rings. The van der Waals surface area contributed by atoms with Gasteiger partial charge >= 0.3 is 0 Å². The first-order chi connectivity index (χ1) is 14.0. The van der Waals surface area contributed by atoms with Crippen molar-refractivity contribution in [1.29, 1.82) is 0 Å². The van der Waals surface area contributed by atoms with Gasteiger partial charge in [-0.25, -0.2) is 0 Å². The molecule has 0 radical (unpaired) electrons. The van der Waals surface area contributed by atoms with Gasteiger partial charge < -0.3 is 4.90 Å². The first kappa shape index (κ1) is 24.2. The number of hydrogen-bond acceptors (Lipinski definition) is 2. The summed E-state index contributed by atoms with van der Waals surface area (Å²) >= 11 is 12.2. The van der Waals surface area contributed by atoms with Crippen LogP contribution in [0.1, 0.15) is 63.4 Å². The second-order valence-corrected chi connectivity index (χ2v) is 10.2. The highest BCUT2D eigenvalue weighted by atomic mass is 35.5. The van der Waals surface area contributed by atoms with E-state index in [4.69, 9.17) is 23.2 Å². The van der Waals surface area contributed by atoms with Gasteiger partial charge in [0.15, 0.2) is 0 Å². The van der Waals surface area contributed by atoms with Gasteiger partial charge in [-0.1, -0.05) is 61.4 Å². The third-order valence-electron chi connectivity index (χ3n) is 7.67. The van der Waals surface area contributed by atoms with E-state index in [1.54, 1.807) is 6.07 Å². The van der Waals surface area contributed by atoms with Crippen LogP contribution in [0.15, 0.2) is 18.2 Å². The molecular weight excluding hydrogens is 439 g/mol. The average molecular weight is 474 g/mol. The molecule has 30 heavy (non-hydrogen) atoms. The fourth-order valence-corrected chi connectivity index (χ4v) is 6.54. The molecule has 1 heterocycles. The van der Waals surface area contributed by atoms with Crippen LogP contribution in [0.3, 0.4) is 0 Å². The second kappa shape index (κ2) is 10.9. The molecule has 1 saturated heterocycles. The molecular formula is C24H35Cl3N2O. The Labute approximate surface area is 197 Å². The molecule has 1 aromatic carbocycles. The molecule has 3 nitrogen and oxygen atoms in total. The van der Waals surface area contributed by atoms with Gasteiger partial charge in [0.25, 0.3) is 0 Å². The minimum Gasteiger partial charge on any atom is -0.341 e. The Morgan fingerprint density at radius 1 is 1.00 bits per heavy atom. The zero-order valence-corrected chi connectivity index (χ0v) is 20.3. The van der Waals surface area contributed by atoms with E-state index in [-0.39, 0.29) is 18.3 Å². The second-order valence-electron chi connectivity index (χ2n) is 9.37. The number of rotatable bonds is 4. The van der Waals surface area contributed by atoms with Crippen molar-refractivity contribution in [2.45, 2.75) is 76.3 Å². The van der Waals surface area contributed by atoms with Crippen LogP contribution in [0, 0.1) is 11.8 Å². The van der Waals surface area contributed by atoms with Crippen molar-refractivity contribution in [3.63, 3.8) is 0 Å². The van der Waals surface area contributed by atoms with Crippen LogP contribution >= 0.6 is 35.6 Å². The molecule has 4 rings (SSSR count). The van der Waals surface area contributed by atoms with Crippen molar-refractivity contribution in [2.24, 2.45) is 11.8 Å². The van der Waals surface area contributed by atoms with Gasteiger partial charge in [-0.15, -0.1) is 12.4 Å². The monoisotopic (exact) mass is 472 g/mol. The number of halogens is 3. The van der Waals surface area contributed by atoms with Gasteiger partial charge in [-0.2, -0.15) is 0 Å². The first-order valence-electron chi connectivity index (χ1n) is 11.5. The van der Waals surface area contributed by atoms with Crippen molar-refractivity contribution >= 4 is 41.5 Å². The van der Waals surface area contributed by atoms with Crippen molar-refractivity contribution in [2.75, 3.05) is 20.1 Å². The summed E-state index contributed by atoms with van der Waals surface area (Å²) in [5, 5.41) is 1.07. The predicted octanol–water partition coefficient (Wildman–Crippen LogP) is 6.24. The van der Waals surface area contributed by atoms with Crippen molar-refractivity contribution in [3.8, 4) is 0 Å². The van der Waals surface area contributed by atoms with Gasteiger partial charge in [0.05, 0.1) is 16.5 Å². The molecule has 0 N–H and O–H groups in total. The SMILES string of the molecule is CN(C(=O)Cc1ccc(Cl)c(Cl)c1)[C@H]1C2CCCCC2CCC[C@@H]1N1CCCC1.Cl. The molecule has 2 saturated carbocycles. The third kappa shape index (κ3) is 5.28. The lowest BCUT2D eigenvalue weighted by atomic mass is 9.73. The highest BCUT2D eigenvalue weighted by molar-refractivity contribution is 6.42. The molecule has 3 aliphatic rings. The number of fused-ring (bicyclic) bond motifs is 1. The van der Waals surface area contributed by atoms with Gasteiger partial charge in [-0.3, -0.25) is 9.69 Å². The standard InChI is InChI=1S/C24H34Cl2N2O.ClH/c1-27(23(29)16-17-11-12-20(25)21(26)15-17)24-19-9-3-2-7-18(19)8-6-10-22(24)28-13-4-5-14-28;/h11-12,15,18-19,22,24H,2-10,13-14,16H2,1H3;1H/t18?,19?,22-,24-;/m0./s1. The number of hydrogen-bond donors (Lipinski definition) is 0. The Hall–Kier alpha value is -0.480. The van der Waals surface area contributed by atoms with Crippen molar-refractivity contribution < 1.29 is 4.79 Å². The van der Waals surface area contributed by atoms with Crippen LogP contribution in [-0.4, -0.2) is 47.9 Å². The molecule has 0 spiro atoms. The maximum absolute atomic E-state index is 13.4. The Morgan fingerprint density at radius 2 is 1.70 bits per heavy atom. The summed E-state index contributed by atoms with van der Waals surface area (Å²) in [5.41, 5.74) is 0.947. The maximum Gasteiger partial charge on any atom is 0.227 e. The number of nitrogens with zero attached hydrogens (tertiary/aromatic N) is 2. The number of amides is 1. The smallest absolute Gasteiger partial charge is 0.227 e. The van der Waals surface area contributed by atoms with E-state index in [0.717, 1.165) is 11.5 Å². The quantitative estimate of drug-likeness (QED) is 0.517. The van der Waals surface area contributed by atoms with E-state index in [1.807, 2.05) is 12.1 Å². The average Bonchev–Trinajstić information content (AvgIpc) is 3.18. The number of carbonyl (C=O) groups is 1. The Kier molecular flexibility index (Phi) is 8.78. The van der Waals surface area contributed by atoms with Crippen LogP contribution in [-0.2, 0) is 11.2 Å². The minimum atomic E-state index is 0. The van der Waals surface area contributed by atoms with Gasteiger partial charge in [0.2, 0.25) is 5.91 Å². The lowest BCUT2D eigenvalue weighted by molar-refractivity contribution is -0.134. The molecule has 2 unspecified atom stereocenters. The van der Waals surface area contributed by atoms with E-state index in [2.05, 4.69) is 16.8 Å². The lowest BCUT2D eigenvalue weighted by Gasteiger charge is -2.45. The van der Waals surface area contributed by atoms with Crippen LogP contribution in [0.25, 0.3) is 0 Å². The largest absolute Gasteiger partial charge is 0.341 e. The normalized spacial score (nSPS) is 29.6. The number of likely N-dealkylation sites (N-methyl/N-ethyl adjacent to an activating group) is 1. The molecule has 1 amide bonds. The van der Waals surface area contributed by atoms with Crippen molar-refractivity contribution in [3.05, 3.63) is 33.8 Å².